The molecule has 0 atom stereocenters. The Morgan fingerprint density at radius 1 is 0.840 bits per heavy atom. The molecule has 0 radical (unpaired) electrons. The third kappa shape index (κ3) is 5.44. The van der Waals surface area contributed by atoms with Crippen LogP contribution in [0.4, 0.5) is 0 Å². The Hall–Kier alpha value is -1.10. The van der Waals surface area contributed by atoms with Crippen LogP contribution >= 0.6 is 0 Å². The topological polar surface area (TPSA) is 43.9 Å². The summed E-state index contributed by atoms with van der Waals surface area (Å²) in [7, 11) is 0. The van der Waals surface area contributed by atoms with Crippen molar-refractivity contribution < 1.29 is 9.59 Å². The Balaban J connectivity index is 1.43. The molecule has 2 aliphatic heterocycles. The van der Waals surface area contributed by atoms with Gasteiger partial charge < -0.3 is 9.80 Å². The molecular formula is C20H35N3O2. The van der Waals surface area contributed by atoms with Crippen LogP contribution in [0.3, 0.4) is 0 Å². The molecule has 2 heterocycles. The van der Waals surface area contributed by atoms with Crippen molar-refractivity contribution in [3.05, 3.63) is 0 Å². The van der Waals surface area contributed by atoms with E-state index in [1.54, 1.807) is 0 Å². The lowest BCUT2D eigenvalue weighted by molar-refractivity contribution is -0.134. The lowest BCUT2D eigenvalue weighted by atomic mass is 9.94. The van der Waals surface area contributed by atoms with Crippen molar-refractivity contribution in [3.63, 3.8) is 0 Å². The lowest BCUT2D eigenvalue weighted by Gasteiger charge is -2.33. The molecule has 0 aromatic heterocycles. The van der Waals surface area contributed by atoms with Gasteiger partial charge in [-0.1, -0.05) is 25.7 Å². The van der Waals surface area contributed by atoms with Gasteiger partial charge in [-0.05, 0) is 32.1 Å². The highest BCUT2D eigenvalue weighted by molar-refractivity contribution is 5.79. The van der Waals surface area contributed by atoms with Gasteiger partial charge in [0.05, 0.1) is 0 Å². The van der Waals surface area contributed by atoms with E-state index in [1.807, 2.05) is 9.80 Å². The second-order valence-electron chi connectivity index (χ2n) is 8.00. The van der Waals surface area contributed by atoms with Crippen LogP contribution in [0.5, 0.6) is 0 Å². The average Bonchev–Trinajstić information content (AvgIpc) is 3.01. The molecule has 2 saturated heterocycles. The third-order valence-corrected chi connectivity index (χ3v) is 6.24. The molecule has 25 heavy (non-hydrogen) atoms. The standard InChI is InChI=1S/C20H35N3O2/c24-19-10-5-2-6-12-22(19)15-11-20(25)23-14-7-13-21(16-17-23)18-8-3-1-4-9-18/h18H,1-17H2. The first-order chi connectivity index (χ1) is 12.2. The smallest absolute Gasteiger partial charge is 0.224 e. The molecule has 0 aromatic carbocycles. The van der Waals surface area contributed by atoms with Gasteiger partial charge in [0, 0.05) is 58.2 Å². The molecule has 3 aliphatic rings. The molecule has 0 aromatic rings. The van der Waals surface area contributed by atoms with Gasteiger partial charge in [-0.25, -0.2) is 0 Å². The number of nitrogens with zero attached hydrogens (tertiary/aromatic N) is 3. The van der Waals surface area contributed by atoms with Gasteiger partial charge in [0.15, 0.2) is 0 Å². The molecule has 0 N–H and O–H groups in total. The van der Waals surface area contributed by atoms with Crippen LogP contribution in [0.2, 0.25) is 0 Å². The number of carbonyl (C=O) groups is 2. The van der Waals surface area contributed by atoms with Crippen molar-refractivity contribution in [1.82, 2.24) is 14.7 Å². The Bertz CT molecular complexity index is 448. The van der Waals surface area contributed by atoms with E-state index >= 15 is 0 Å². The van der Waals surface area contributed by atoms with Crippen LogP contribution in [-0.4, -0.2) is 71.8 Å². The fourth-order valence-corrected chi connectivity index (χ4v) is 4.66. The van der Waals surface area contributed by atoms with E-state index in [1.165, 1.54) is 32.1 Å². The maximum atomic E-state index is 12.6. The molecule has 0 spiro atoms. The number of hydrogen-bond acceptors (Lipinski definition) is 3. The van der Waals surface area contributed by atoms with Crippen LogP contribution in [0.15, 0.2) is 0 Å². The maximum absolute atomic E-state index is 12.6. The third-order valence-electron chi connectivity index (χ3n) is 6.24. The van der Waals surface area contributed by atoms with Crippen LogP contribution in [-0.2, 0) is 9.59 Å². The molecule has 1 aliphatic carbocycles. The summed E-state index contributed by atoms with van der Waals surface area (Å²) < 4.78 is 0. The zero-order valence-electron chi connectivity index (χ0n) is 15.8. The Kier molecular flexibility index (Phi) is 7.14. The number of carbonyl (C=O) groups excluding carboxylic acids is 2. The normalized spacial score (nSPS) is 24.9. The van der Waals surface area contributed by atoms with Gasteiger partial charge in [-0.15, -0.1) is 0 Å². The van der Waals surface area contributed by atoms with Crippen molar-refractivity contribution >= 4 is 11.8 Å². The summed E-state index contributed by atoms with van der Waals surface area (Å²) in [6, 6.07) is 0.749. The summed E-state index contributed by atoms with van der Waals surface area (Å²) in [6.07, 6.45) is 12.3. The van der Waals surface area contributed by atoms with E-state index < -0.39 is 0 Å². The second-order valence-corrected chi connectivity index (χ2v) is 8.00. The zero-order chi connectivity index (χ0) is 17.5. The van der Waals surface area contributed by atoms with Gasteiger partial charge in [0.1, 0.15) is 0 Å². The van der Waals surface area contributed by atoms with E-state index in [-0.39, 0.29) is 11.8 Å². The summed E-state index contributed by atoms with van der Waals surface area (Å²) in [5.74, 6) is 0.479. The van der Waals surface area contributed by atoms with Crippen molar-refractivity contribution in [3.8, 4) is 0 Å². The molecule has 1 saturated carbocycles. The van der Waals surface area contributed by atoms with E-state index in [9.17, 15) is 9.59 Å². The molecule has 3 rings (SSSR count). The summed E-state index contributed by atoms with van der Waals surface area (Å²) in [6.45, 7) is 5.36. The molecule has 5 heteroatoms. The van der Waals surface area contributed by atoms with E-state index in [4.69, 9.17) is 0 Å². The SMILES string of the molecule is O=C1CCCCCN1CCC(=O)N1CCCN(C2CCCCC2)CC1. The minimum atomic E-state index is 0.238. The van der Waals surface area contributed by atoms with E-state index in [0.29, 0.717) is 19.4 Å². The summed E-state index contributed by atoms with van der Waals surface area (Å²) in [4.78, 5) is 31.3. The first kappa shape index (κ1) is 18.7. The molecule has 0 unspecified atom stereocenters. The van der Waals surface area contributed by atoms with Crippen molar-refractivity contribution in [2.75, 3.05) is 39.3 Å². The fourth-order valence-electron chi connectivity index (χ4n) is 4.66. The van der Waals surface area contributed by atoms with Crippen LogP contribution in [0.1, 0.15) is 70.6 Å². The van der Waals surface area contributed by atoms with Crippen molar-refractivity contribution in [2.45, 2.75) is 76.7 Å². The summed E-state index contributed by atoms with van der Waals surface area (Å²) >= 11 is 0. The second kappa shape index (κ2) is 9.56. The monoisotopic (exact) mass is 349 g/mol. The zero-order valence-corrected chi connectivity index (χ0v) is 15.8. The number of rotatable bonds is 4. The van der Waals surface area contributed by atoms with Gasteiger partial charge in [0.2, 0.25) is 11.8 Å². The Labute approximate surface area is 152 Å². The van der Waals surface area contributed by atoms with Gasteiger partial charge in [0.25, 0.3) is 0 Å². The highest BCUT2D eigenvalue weighted by atomic mass is 16.2. The highest BCUT2D eigenvalue weighted by Gasteiger charge is 2.25. The number of amides is 2. The first-order valence-electron chi connectivity index (χ1n) is 10.5. The highest BCUT2D eigenvalue weighted by Crippen LogP contribution is 2.23. The minimum Gasteiger partial charge on any atom is -0.342 e. The van der Waals surface area contributed by atoms with Crippen molar-refractivity contribution in [2.24, 2.45) is 0 Å². The molecule has 142 valence electrons. The number of hydrogen-bond donors (Lipinski definition) is 0. The molecule has 5 nitrogen and oxygen atoms in total. The largest absolute Gasteiger partial charge is 0.342 e. The summed E-state index contributed by atoms with van der Waals surface area (Å²) in [5.41, 5.74) is 0. The summed E-state index contributed by atoms with van der Waals surface area (Å²) in [5, 5.41) is 0. The van der Waals surface area contributed by atoms with Gasteiger partial charge in [-0.3, -0.25) is 14.5 Å². The van der Waals surface area contributed by atoms with Gasteiger partial charge >= 0.3 is 0 Å². The first-order valence-corrected chi connectivity index (χ1v) is 10.5. The predicted octanol–water partition coefficient (Wildman–Crippen LogP) is 2.65. The number of likely N-dealkylation sites (tertiary alicyclic amines) is 1. The Morgan fingerprint density at radius 2 is 1.64 bits per heavy atom. The van der Waals surface area contributed by atoms with E-state index in [0.717, 1.165) is 64.4 Å². The lowest BCUT2D eigenvalue weighted by Crippen LogP contribution is -2.41. The molecule has 3 fully saturated rings. The Morgan fingerprint density at radius 3 is 2.48 bits per heavy atom. The maximum Gasteiger partial charge on any atom is 0.224 e. The van der Waals surface area contributed by atoms with Crippen LogP contribution < -0.4 is 0 Å². The van der Waals surface area contributed by atoms with Gasteiger partial charge in [-0.2, -0.15) is 0 Å². The molecular weight excluding hydrogens is 314 g/mol. The van der Waals surface area contributed by atoms with Crippen LogP contribution in [0.25, 0.3) is 0 Å². The van der Waals surface area contributed by atoms with Crippen LogP contribution in [0, 0.1) is 0 Å². The average molecular weight is 350 g/mol. The van der Waals surface area contributed by atoms with E-state index in [2.05, 4.69) is 4.90 Å². The minimum absolute atomic E-state index is 0.238. The molecule has 0 bridgehead atoms. The molecule has 2 amide bonds. The van der Waals surface area contributed by atoms with Crippen molar-refractivity contribution in [1.29, 1.82) is 0 Å². The predicted molar refractivity (Wildman–Crippen MR) is 99.3 cm³/mol. The fraction of sp³-hybridized carbons (Fsp3) is 0.900. The quantitative estimate of drug-likeness (QED) is 0.784.